The minimum absolute atomic E-state index is 0.201. The molecule has 4 heteroatoms. The van der Waals surface area contributed by atoms with Crippen LogP contribution in [0.25, 0.3) is 10.9 Å². The van der Waals surface area contributed by atoms with Gasteiger partial charge in [-0.15, -0.1) is 0 Å². The molecular weight excluding hydrogens is 192 g/mol. The van der Waals surface area contributed by atoms with Crippen LogP contribution in [0.1, 0.15) is 5.56 Å². The Balaban J connectivity index is 2.43. The number of aromatic amines is 1. The third kappa shape index (κ3) is 1.85. The molecule has 1 heterocycles. The molecule has 0 spiro atoms. The van der Waals surface area contributed by atoms with Gasteiger partial charge in [-0.2, -0.15) is 0 Å². The molecule has 0 unspecified atom stereocenters. The molecule has 2 rings (SSSR count). The molecular formula is C11H11N2O2. The molecule has 0 aliphatic heterocycles. The van der Waals surface area contributed by atoms with Crippen molar-refractivity contribution in [1.29, 1.82) is 0 Å². The number of H-pyrrole nitrogens is 1. The SMILES string of the molecule is N[C@H]([C]=O)Cc1c[nH]c2ccc(O)cc12. The minimum Gasteiger partial charge on any atom is -0.508 e. The van der Waals surface area contributed by atoms with Gasteiger partial charge in [0.25, 0.3) is 0 Å². The predicted octanol–water partition coefficient (Wildman–Crippen LogP) is 0.853. The van der Waals surface area contributed by atoms with Crippen LogP contribution in [-0.4, -0.2) is 22.4 Å². The largest absolute Gasteiger partial charge is 0.508 e. The molecule has 1 atom stereocenters. The summed E-state index contributed by atoms with van der Waals surface area (Å²) in [7, 11) is 0. The van der Waals surface area contributed by atoms with Crippen molar-refractivity contribution in [2.75, 3.05) is 0 Å². The van der Waals surface area contributed by atoms with Gasteiger partial charge >= 0.3 is 0 Å². The standard InChI is InChI=1S/C11H11N2O2/c12-8(6-14)3-7-5-13-11-2-1-9(15)4-10(7)11/h1-2,4-5,8,13,15H,3,12H2/t8-/m0/s1. The third-order valence-electron chi connectivity index (χ3n) is 2.34. The first-order valence-corrected chi connectivity index (χ1v) is 4.63. The number of hydrogen-bond donors (Lipinski definition) is 3. The summed E-state index contributed by atoms with van der Waals surface area (Å²) in [4.78, 5) is 13.4. The van der Waals surface area contributed by atoms with Gasteiger partial charge in [0.05, 0.1) is 6.04 Å². The number of phenols is 1. The van der Waals surface area contributed by atoms with E-state index in [9.17, 15) is 9.90 Å². The van der Waals surface area contributed by atoms with E-state index in [0.29, 0.717) is 6.42 Å². The molecule has 0 bridgehead atoms. The third-order valence-corrected chi connectivity index (χ3v) is 2.34. The topological polar surface area (TPSA) is 79.1 Å². The van der Waals surface area contributed by atoms with Gasteiger partial charge < -0.3 is 15.8 Å². The second kappa shape index (κ2) is 3.74. The number of nitrogens with two attached hydrogens (primary N) is 1. The van der Waals surface area contributed by atoms with Crippen molar-refractivity contribution >= 4 is 17.2 Å². The highest BCUT2D eigenvalue weighted by Crippen LogP contribution is 2.23. The van der Waals surface area contributed by atoms with Crippen molar-refractivity contribution < 1.29 is 9.90 Å². The van der Waals surface area contributed by atoms with Crippen LogP contribution in [0.2, 0.25) is 0 Å². The summed E-state index contributed by atoms with van der Waals surface area (Å²) in [6, 6.07) is 4.42. The fraction of sp³-hybridized carbons (Fsp3) is 0.182. The average molecular weight is 203 g/mol. The zero-order valence-electron chi connectivity index (χ0n) is 8.03. The van der Waals surface area contributed by atoms with Crippen LogP contribution in [0.15, 0.2) is 24.4 Å². The van der Waals surface area contributed by atoms with Crippen LogP contribution in [-0.2, 0) is 11.2 Å². The molecule has 0 saturated carbocycles. The lowest BCUT2D eigenvalue weighted by Gasteiger charge is -2.01. The number of nitrogens with one attached hydrogen (secondary N) is 1. The van der Waals surface area contributed by atoms with Crippen molar-refractivity contribution in [2.24, 2.45) is 5.73 Å². The molecule has 2 aromatic rings. The first kappa shape index (κ1) is 9.73. The van der Waals surface area contributed by atoms with Gasteiger partial charge in [0.2, 0.25) is 6.29 Å². The van der Waals surface area contributed by atoms with Crippen molar-refractivity contribution in [2.45, 2.75) is 12.5 Å². The number of hydrogen-bond acceptors (Lipinski definition) is 3. The van der Waals surface area contributed by atoms with Gasteiger partial charge in [-0.3, -0.25) is 4.79 Å². The van der Waals surface area contributed by atoms with Gasteiger partial charge in [0.15, 0.2) is 0 Å². The first-order chi connectivity index (χ1) is 7.20. The monoisotopic (exact) mass is 203 g/mol. The number of aromatic hydroxyl groups is 1. The molecule has 4 N–H and O–H groups in total. The molecule has 15 heavy (non-hydrogen) atoms. The highest BCUT2D eigenvalue weighted by Gasteiger charge is 2.08. The zero-order chi connectivity index (χ0) is 10.8. The quantitative estimate of drug-likeness (QED) is 0.692. The maximum atomic E-state index is 10.3. The van der Waals surface area contributed by atoms with Crippen molar-refractivity contribution in [3.63, 3.8) is 0 Å². The Hall–Kier alpha value is -1.81. The van der Waals surface area contributed by atoms with E-state index in [-0.39, 0.29) is 5.75 Å². The zero-order valence-corrected chi connectivity index (χ0v) is 8.03. The number of carbonyl (C=O) groups excluding carboxylic acids is 1. The Labute approximate surface area is 86.7 Å². The lowest BCUT2D eigenvalue weighted by molar-refractivity contribution is 0.476. The second-order valence-corrected chi connectivity index (χ2v) is 3.47. The highest BCUT2D eigenvalue weighted by molar-refractivity contribution is 5.85. The lowest BCUT2D eigenvalue weighted by atomic mass is 10.1. The number of phenolic OH excluding ortho intramolecular Hbond substituents is 1. The normalized spacial score (nSPS) is 12.9. The molecule has 1 aromatic carbocycles. The number of rotatable bonds is 3. The molecule has 0 aliphatic carbocycles. The fourth-order valence-corrected chi connectivity index (χ4v) is 1.61. The van der Waals surface area contributed by atoms with Gasteiger partial charge in [-0.1, -0.05) is 0 Å². The summed E-state index contributed by atoms with van der Waals surface area (Å²) in [5.41, 5.74) is 7.32. The van der Waals surface area contributed by atoms with Crippen molar-refractivity contribution in [3.8, 4) is 5.75 Å². The Morgan fingerprint density at radius 3 is 3.07 bits per heavy atom. The predicted molar refractivity (Wildman–Crippen MR) is 57.3 cm³/mol. The van der Waals surface area contributed by atoms with E-state index < -0.39 is 6.04 Å². The molecule has 1 radical (unpaired) electrons. The number of fused-ring (bicyclic) bond motifs is 1. The number of benzene rings is 1. The van der Waals surface area contributed by atoms with E-state index >= 15 is 0 Å². The van der Waals surface area contributed by atoms with Crippen molar-refractivity contribution in [3.05, 3.63) is 30.0 Å². The maximum absolute atomic E-state index is 10.3. The Kier molecular flexibility index (Phi) is 2.43. The van der Waals surface area contributed by atoms with E-state index in [2.05, 4.69) is 4.98 Å². The molecule has 4 nitrogen and oxygen atoms in total. The lowest BCUT2D eigenvalue weighted by Crippen LogP contribution is -2.23. The van der Waals surface area contributed by atoms with Gasteiger partial charge in [-0.05, 0) is 30.2 Å². The van der Waals surface area contributed by atoms with Gasteiger partial charge in [-0.25, -0.2) is 0 Å². The molecule has 0 aliphatic rings. The highest BCUT2D eigenvalue weighted by atomic mass is 16.3. The summed E-state index contributed by atoms with van der Waals surface area (Å²) >= 11 is 0. The van der Waals surface area contributed by atoms with Gasteiger partial charge in [0, 0.05) is 17.1 Å². The average Bonchev–Trinajstić information content (AvgIpc) is 2.61. The Morgan fingerprint density at radius 2 is 2.33 bits per heavy atom. The summed E-state index contributed by atoms with van der Waals surface area (Å²) in [6.07, 6.45) is 3.95. The summed E-state index contributed by atoms with van der Waals surface area (Å²) in [5, 5.41) is 10.2. The van der Waals surface area contributed by atoms with Crippen LogP contribution in [0.5, 0.6) is 5.75 Å². The first-order valence-electron chi connectivity index (χ1n) is 4.63. The van der Waals surface area contributed by atoms with Crippen LogP contribution in [0, 0.1) is 0 Å². The number of aromatic nitrogens is 1. The van der Waals surface area contributed by atoms with E-state index in [1.54, 1.807) is 30.7 Å². The van der Waals surface area contributed by atoms with Crippen LogP contribution in [0.4, 0.5) is 0 Å². The van der Waals surface area contributed by atoms with Crippen molar-refractivity contribution in [1.82, 2.24) is 4.98 Å². The summed E-state index contributed by atoms with van der Waals surface area (Å²) < 4.78 is 0. The van der Waals surface area contributed by atoms with E-state index in [0.717, 1.165) is 16.5 Å². The second-order valence-electron chi connectivity index (χ2n) is 3.47. The smallest absolute Gasteiger partial charge is 0.217 e. The van der Waals surface area contributed by atoms with Crippen LogP contribution >= 0.6 is 0 Å². The van der Waals surface area contributed by atoms with Crippen LogP contribution in [0.3, 0.4) is 0 Å². The van der Waals surface area contributed by atoms with Crippen LogP contribution < -0.4 is 5.73 Å². The molecule has 0 saturated heterocycles. The molecule has 0 amide bonds. The molecule has 77 valence electrons. The Morgan fingerprint density at radius 1 is 1.53 bits per heavy atom. The Bertz CT molecular complexity index is 490. The molecule has 1 aromatic heterocycles. The molecule has 0 fully saturated rings. The summed E-state index contributed by atoms with van der Waals surface area (Å²) in [6.45, 7) is 0. The van der Waals surface area contributed by atoms with Gasteiger partial charge in [0.1, 0.15) is 5.75 Å². The van der Waals surface area contributed by atoms with E-state index in [1.165, 1.54) is 0 Å². The summed E-state index contributed by atoms with van der Waals surface area (Å²) in [5.74, 6) is 0.201. The minimum atomic E-state index is -0.619. The fourth-order valence-electron chi connectivity index (χ4n) is 1.61. The van der Waals surface area contributed by atoms with E-state index in [4.69, 9.17) is 5.73 Å². The van der Waals surface area contributed by atoms with E-state index in [1.807, 2.05) is 0 Å². The maximum Gasteiger partial charge on any atom is 0.217 e.